The summed E-state index contributed by atoms with van der Waals surface area (Å²) in [5.74, 6) is 0. The first-order valence-corrected chi connectivity index (χ1v) is 5.25. The Hall–Kier alpha value is -0.150. The minimum absolute atomic E-state index is 0.0899. The third-order valence-corrected chi connectivity index (χ3v) is 2.92. The molecule has 0 aliphatic heterocycles. The van der Waals surface area contributed by atoms with E-state index in [4.69, 9.17) is 0 Å². The third-order valence-electron chi connectivity index (χ3n) is 2.92. The second-order valence-electron chi connectivity index (χ2n) is 3.97. The summed E-state index contributed by atoms with van der Waals surface area (Å²) in [6.07, 6.45) is 6.27. The zero-order chi connectivity index (χ0) is 9.57. The van der Waals surface area contributed by atoms with Crippen molar-refractivity contribution in [3.8, 4) is 0 Å². The van der Waals surface area contributed by atoms with E-state index in [9.17, 15) is 9.50 Å². The van der Waals surface area contributed by atoms with Crippen molar-refractivity contribution >= 4 is 0 Å². The Morgan fingerprint density at radius 2 is 1.92 bits per heavy atom. The van der Waals surface area contributed by atoms with Gasteiger partial charge < -0.3 is 10.4 Å². The first-order valence-electron chi connectivity index (χ1n) is 5.25. The van der Waals surface area contributed by atoms with Crippen LogP contribution in [0.15, 0.2) is 0 Å². The molecule has 1 rings (SSSR count). The highest BCUT2D eigenvalue weighted by Crippen LogP contribution is 2.27. The average Bonchev–Trinajstić information content (AvgIpc) is 2.20. The molecular weight excluding hydrogens is 169 g/mol. The summed E-state index contributed by atoms with van der Waals surface area (Å²) in [6.45, 7) is 0.616. The SMILES string of the molecule is OCC1(NCCCF)CCCCC1. The summed E-state index contributed by atoms with van der Waals surface area (Å²) in [4.78, 5) is 0. The van der Waals surface area contributed by atoms with Crippen LogP contribution >= 0.6 is 0 Å². The smallest absolute Gasteiger partial charge is 0.0906 e. The van der Waals surface area contributed by atoms with Crippen molar-refractivity contribution in [3.63, 3.8) is 0 Å². The molecule has 2 nitrogen and oxygen atoms in total. The van der Waals surface area contributed by atoms with Gasteiger partial charge >= 0.3 is 0 Å². The van der Waals surface area contributed by atoms with E-state index in [1.165, 1.54) is 19.3 Å². The summed E-state index contributed by atoms with van der Waals surface area (Å²) >= 11 is 0. The molecule has 0 amide bonds. The lowest BCUT2D eigenvalue weighted by Gasteiger charge is -2.36. The maximum Gasteiger partial charge on any atom is 0.0906 e. The fourth-order valence-electron chi connectivity index (χ4n) is 2.04. The molecule has 0 aromatic carbocycles. The molecule has 0 aromatic rings. The Balaban J connectivity index is 2.29. The van der Waals surface area contributed by atoms with Crippen molar-refractivity contribution in [2.24, 2.45) is 0 Å². The fraction of sp³-hybridized carbons (Fsp3) is 1.00. The van der Waals surface area contributed by atoms with Crippen molar-refractivity contribution in [2.45, 2.75) is 44.1 Å². The van der Waals surface area contributed by atoms with Crippen LogP contribution in [0.1, 0.15) is 38.5 Å². The summed E-state index contributed by atoms with van der Waals surface area (Å²) in [5, 5.41) is 12.6. The van der Waals surface area contributed by atoms with Crippen LogP contribution in [0.2, 0.25) is 0 Å². The van der Waals surface area contributed by atoms with Crippen molar-refractivity contribution in [3.05, 3.63) is 0 Å². The fourth-order valence-corrected chi connectivity index (χ4v) is 2.04. The lowest BCUT2D eigenvalue weighted by Crippen LogP contribution is -2.50. The van der Waals surface area contributed by atoms with Crippen molar-refractivity contribution in [1.29, 1.82) is 0 Å². The van der Waals surface area contributed by atoms with Crippen LogP contribution in [0, 0.1) is 0 Å². The highest BCUT2D eigenvalue weighted by molar-refractivity contribution is 4.89. The molecule has 2 N–H and O–H groups in total. The van der Waals surface area contributed by atoms with Gasteiger partial charge in [-0.2, -0.15) is 0 Å². The van der Waals surface area contributed by atoms with Gasteiger partial charge in [0.15, 0.2) is 0 Å². The minimum Gasteiger partial charge on any atom is -0.394 e. The Bertz CT molecular complexity index is 135. The van der Waals surface area contributed by atoms with E-state index >= 15 is 0 Å². The molecule has 0 saturated heterocycles. The van der Waals surface area contributed by atoms with Gasteiger partial charge in [-0.3, -0.25) is 4.39 Å². The maximum atomic E-state index is 11.9. The van der Waals surface area contributed by atoms with E-state index in [1.807, 2.05) is 0 Å². The Morgan fingerprint density at radius 1 is 1.23 bits per heavy atom. The van der Waals surface area contributed by atoms with E-state index in [0.29, 0.717) is 13.0 Å². The van der Waals surface area contributed by atoms with Crippen molar-refractivity contribution < 1.29 is 9.50 Å². The first kappa shape index (κ1) is 10.9. The molecule has 3 heteroatoms. The highest BCUT2D eigenvalue weighted by Gasteiger charge is 2.30. The summed E-state index contributed by atoms with van der Waals surface area (Å²) in [7, 11) is 0. The van der Waals surface area contributed by atoms with Gasteiger partial charge in [0, 0.05) is 5.54 Å². The van der Waals surface area contributed by atoms with Gasteiger partial charge in [-0.05, 0) is 25.8 Å². The number of aliphatic hydroxyl groups is 1. The Morgan fingerprint density at radius 3 is 2.46 bits per heavy atom. The topological polar surface area (TPSA) is 32.3 Å². The van der Waals surface area contributed by atoms with Gasteiger partial charge in [-0.15, -0.1) is 0 Å². The number of hydrogen-bond donors (Lipinski definition) is 2. The van der Waals surface area contributed by atoms with Crippen LogP contribution < -0.4 is 5.32 Å². The molecule has 0 atom stereocenters. The van der Waals surface area contributed by atoms with Gasteiger partial charge in [0.2, 0.25) is 0 Å². The zero-order valence-electron chi connectivity index (χ0n) is 8.19. The van der Waals surface area contributed by atoms with E-state index in [-0.39, 0.29) is 18.8 Å². The number of aliphatic hydroxyl groups excluding tert-OH is 1. The predicted octanol–water partition coefficient (Wildman–Crippen LogP) is 1.63. The molecule has 0 bridgehead atoms. The number of rotatable bonds is 5. The molecule has 0 radical (unpaired) electrons. The second-order valence-corrected chi connectivity index (χ2v) is 3.97. The molecule has 1 aliphatic carbocycles. The third kappa shape index (κ3) is 3.24. The van der Waals surface area contributed by atoms with Crippen LogP contribution in [-0.2, 0) is 0 Å². The predicted molar refractivity (Wildman–Crippen MR) is 51.5 cm³/mol. The number of alkyl halides is 1. The second kappa shape index (κ2) is 5.55. The number of nitrogens with one attached hydrogen (secondary N) is 1. The molecule has 1 aliphatic rings. The van der Waals surface area contributed by atoms with Crippen molar-refractivity contribution in [2.75, 3.05) is 19.8 Å². The van der Waals surface area contributed by atoms with Gasteiger partial charge in [0.1, 0.15) is 0 Å². The van der Waals surface area contributed by atoms with Crippen molar-refractivity contribution in [1.82, 2.24) is 5.32 Å². The van der Waals surface area contributed by atoms with E-state index in [2.05, 4.69) is 5.32 Å². The first-order chi connectivity index (χ1) is 6.33. The molecule has 0 heterocycles. The number of hydrogen-bond acceptors (Lipinski definition) is 2. The van der Waals surface area contributed by atoms with Crippen LogP contribution in [0.4, 0.5) is 4.39 Å². The highest BCUT2D eigenvalue weighted by atomic mass is 19.1. The molecule has 13 heavy (non-hydrogen) atoms. The average molecular weight is 189 g/mol. The molecule has 0 aromatic heterocycles. The minimum atomic E-state index is -0.269. The number of halogens is 1. The lowest BCUT2D eigenvalue weighted by atomic mass is 9.82. The lowest BCUT2D eigenvalue weighted by molar-refractivity contribution is 0.120. The normalized spacial score (nSPS) is 21.7. The summed E-state index contributed by atoms with van der Waals surface area (Å²) < 4.78 is 11.9. The standard InChI is InChI=1S/C10H20FNO/c11-7-4-8-12-10(9-13)5-2-1-3-6-10/h12-13H,1-9H2. The van der Waals surface area contributed by atoms with E-state index in [0.717, 1.165) is 12.8 Å². The quantitative estimate of drug-likeness (QED) is 0.644. The summed E-state index contributed by atoms with van der Waals surface area (Å²) in [6, 6.07) is 0. The monoisotopic (exact) mass is 189 g/mol. The molecule has 78 valence electrons. The zero-order valence-corrected chi connectivity index (χ0v) is 8.19. The van der Waals surface area contributed by atoms with Gasteiger partial charge in [-0.1, -0.05) is 19.3 Å². The van der Waals surface area contributed by atoms with E-state index < -0.39 is 0 Å². The molecule has 1 saturated carbocycles. The molecule has 0 unspecified atom stereocenters. The molecule has 0 spiro atoms. The maximum absolute atomic E-state index is 11.9. The van der Waals surface area contributed by atoms with Gasteiger partial charge in [-0.25, -0.2) is 0 Å². The van der Waals surface area contributed by atoms with Crippen LogP contribution in [0.25, 0.3) is 0 Å². The van der Waals surface area contributed by atoms with Crippen LogP contribution in [-0.4, -0.2) is 30.5 Å². The van der Waals surface area contributed by atoms with Gasteiger partial charge in [0.25, 0.3) is 0 Å². The molecule has 1 fully saturated rings. The Labute approximate surface area is 79.5 Å². The Kier molecular flexibility index (Phi) is 4.67. The van der Waals surface area contributed by atoms with Gasteiger partial charge in [0.05, 0.1) is 13.3 Å². The summed E-state index contributed by atoms with van der Waals surface area (Å²) in [5.41, 5.74) is -0.0899. The van der Waals surface area contributed by atoms with Crippen LogP contribution in [0.3, 0.4) is 0 Å². The van der Waals surface area contributed by atoms with Crippen LogP contribution in [0.5, 0.6) is 0 Å². The largest absolute Gasteiger partial charge is 0.394 e. The molecular formula is C10H20FNO. The van der Waals surface area contributed by atoms with E-state index in [1.54, 1.807) is 0 Å².